The number of hydrogen-bond donors (Lipinski definition) is 0. The molecule has 1 aromatic heterocycles. The molecule has 1 fully saturated rings. The second-order valence-electron chi connectivity index (χ2n) is 9.36. The number of benzene rings is 3. The van der Waals surface area contributed by atoms with E-state index in [1.165, 1.54) is 28.7 Å². The summed E-state index contributed by atoms with van der Waals surface area (Å²) in [5.41, 5.74) is 3.69. The fourth-order valence-electron chi connectivity index (χ4n) is 4.10. The molecule has 200 valence electrons. The van der Waals surface area contributed by atoms with Gasteiger partial charge in [-0.1, -0.05) is 68.1 Å². The topological polar surface area (TPSA) is 58.7 Å². The quantitative estimate of drug-likeness (QED) is 0.234. The van der Waals surface area contributed by atoms with Gasteiger partial charge in [0, 0.05) is 17.9 Å². The van der Waals surface area contributed by atoms with Crippen LogP contribution < -0.4 is 0 Å². The number of hydrazone groups is 1. The standard InChI is InChI=1S/C29H27F3N6S/c1-20(2)25-6-3-4-7-26(25)35-28-37(16-5-17-39-28)34-18-21-8-10-22(11-9-21)27-33-19-38(36-27)24-14-12-23(13-15-24)29(30,31)32/h3-4,6-15,18-20H,5,16-17H2,1-2H3/b34-18+,35-28?. The molecule has 1 saturated heterocycles. The Morgan fingerprint density at radius 3 is 2.44 bits per heavy atom. The fraction of sp³-hybridized carbons (Fsp3) is 0.241. The average Bonchev–Trinajstić information content (AvgIpc) is 3.43. The number of para-hydroxylation sites is 1. The first kappa shape index (κ1) is 26.7. The van der Waals surface area contributed by atoms with Crippen LogP contribution in [0.5, 0.6) is 0 Å². The van der Waals surface area contributed by atoms with Crippen molar-refractivity contribution in [2.24, 2.45) is 10.1 Å². The summed E-state index contributed by atoms with van der Waals surface area (Å²) in [6.45, 7) is 5.14. The summed E-state index contributed by atoms with van der Waals surface area (Å²) in [6, 6.07) is 20.7. The zero-order valence-electron chi connectivity index (χ0n) is 21.5. The van der Waals surface area contributed by atoms with Crippen LogP contribution in [0.2, 0.25) is 0 Å². The van der Waals surface area contributed by atoms with Crippen LogP contribution in [0.1, 0.15) is 42.9 Å². The predicted octanol–water partition coefficient (Wildman–Crippen LogP) is 7.54. The Labute approximate surface area is 229 Å². The van der Waals surface area contributed by atoms with Crippen molar-refractivity contribution in [3.8, 4) is 17.1 Å². The van der Waals surface area contributed by atoms with Gasteiger partial charge >= 0.3 is 6.18 Å². The van der Waals surface area contributed by atoms with Gasteiger partial charge in [0.1, 0.15) is 6.33 Å². The summed E-state index contributed by atoms with van der Waals surface area (Å²) in [5.74, 6) is 1.87. The van der Waals surface area contributed by atoms with Crippen molar-refractivity contribution in [2.45, 2.75) is 32.4 Å². The van der Waals surface area contributed by atoms with Gasteiger partial charge in [0.25, 0.3) is 0 Å². The van der Waals surface area contributed by atoms with Crippen LogP contribution >= 0.6 is 11.8 Å². The molecule has 0 amide bonds. The lowest BCUT2D eigenvalue weighted by Gasteiger charge is -2.25. The van der Waals surface area contributed by atoms with Crippen LogP contribution in [0.15, 0.2) is 89.2 Å². The van der Waals surface area contributed by atoms with Crippen molar-refractivity contribution >= 4 is 28.8 Å². The van der Waals surface area contributed by atoms with Crippen molar-refractivity contribution in [3.63, 3.8) is 0 Å². The number of hydrogen-bond acceptors (Lipinski definition) is 5. The van der Waals surface area contributed by atoms with Gasteiger partial charge in [0.2, 0.25) is 0 Å². The maximum absolute atomic E-state index is 12.8. The maximum atomic E-state index is 12.8. The zero-order chi connectivity index (χ0) is 27.4. The number of aliphatic imine (C=N–C) groups is 1. The third-order valence-electron chi connectivity index (χ3n) is 6.21. The molecule has 6 nitrogen and oxygen atoms in total. The number of amidine groups is 1. The van der Waals surface area contributed by atoms with Crippen LogP contribution in [0.3, 0.4) is 0 Å². The van der Waals surface area contributed by atoms with Crippen molar-refractivity contribution in [1.82, 2.24) is 19.8 Å². The van der Waals surface area contributed by atoms with E-state index in [9.17, 15) is 13.2 Å². The van der Waals surface area contributed by atoms with E-state index in [1.54, 1.807) is 11.8 Å². The van der Waals surface area contributed by atoms with Gasteiger partial charge in [0.15, 0.2) is 11.0 Å². The minimum absolute atomic E-state index is 0.380. The lowest BCUT2D eigenvalue weighted by molar-refractivity contribution is -0.137. The molecule has 0 spiro atoms. The van der Waals surface area contributed by atoms with Gasteiger partial charge in [-0.2, -0.15) is 18.3 Å². The number of alkyl halides is 3. The van der Waals surface area contributed by atoms with Gasteiger partial charge in [-0.3, -0.25) is 0 Å². The molecule has 5 rings (SSSR count). The largest absolute Gasteiger partial charge is 0.416 e. The summed E-state index contributed by atoms with van der Waals surface area (Å²) in [7, 11) is 0. The lowest BCUT2D eigenvalue weighted by Crippen LogP contribution is -2.29. The highest BCUT2D eigenvalue weighted by Crippen LogP contribution is 2.31. The van der Waals surface area contributed by atoms with Crippen LogP contribution in [-0.2, 0) is 6.18 Å². The molecule has 2 heterocycles. The zero-order valence-corrected chi connectivity index (χ0v) is 22.3. The van der Waals surface area contributed by atoms with Gasteiger partial charge in [0.05, 0.1) is 23.2 Å². The first-order chi connectivity index (χ1) is 18.8. The van der Waals surface area contributed by atoms with E-state index < -0.39 is 11.7 Å². The van der Waals surface area contributed by atoms with Crippen molar-refractivity contribution < 1.29 is 13.2 Å². The van der Waals surface area contributed by atoms with E-state index in [2.05, 4.69) is 30.0 Å². The smallest absolute Gasteiger partial charge is 0.242 e. The molecule has 4 aromatic rings. The summed E-state index contributed by atoms with van der Waals surface area (Å²) < 4.78 is 40.0. The molecule has 0 atom stereocenters. The van der Waals surface area contributed by atoms with Gasteiger partial charge < -0.3 is 0 Å². The number of rotatable bonds is 6. The number of nitrogens with zero attached hydrogens (tertiary/aromatic N) is 6. The monoisotopic (exact) mass is 548 g/mol. The molecule has 1 aliphatic heterocycles. The highest BCUT2D eigenvalue weighted by Gasteiger charge is 2.30. The molecule has 0 bridgehead atoms. The van der Waals surface area contributed by atoms with E-state index in [1.807, 2.05) is 53.7 Å². The van der Waals surface area contributed by atoms with Crippen molar-refractivity contribution in [1.29, 1.82) is 0 Å². The normalized spacial score (nSPS) is 15.5. The predicted molar refractivity (Wildman–Crippen MR) is 151 cm³/mol. The molecule has 0 aliphatic carbocycles. The molecule has 0 unspecified atom stereocenters. The van der Waals surface area contributed by atoms with E-state index in [4.69, 9.17) is 10.1 Å². The van der Waals surface area contributed by atoms with Crippen LogP contribution in [0.25, 0.3) is 17.1 Å². The summed E-state index contributed by atoms with van der Waals surface area (Å²) in [5, 5.41) is 12.0. The van der Waals surface area contributed by atoms with Crippen molar-refractivity contribution in [3.05, 3.63) is 95.8 Å². The van der Waals surface area contributed by atoms with E-state index >= 15 is 0 Å². The minimum Gasteiger partial charge on any atom is -0.242 e. The Kier molecular flexibility index (Phi) is 7.83. The van der Waals surface area contributed by atoms with Crippen LogP contribution in [-0.4, -0.2) is 43.5 Å². The van der Waals surface area contributed by atoms with Gasteiger partial charge in [-0.05, 0) is 53.8 Å². The molecule has 0 radical (unpaired) electrons. The molecular formula is C29H27F3N6S. The molecule has 3 aromatic carbocycles. The minimum atomic E-state index is -4.38. The summed E-state index contributed by atoms with van der Waals surface area (Å²) in [4.78, 5) is 9.27. The second-order valence-corrected chi connectivity index (χ2v) is 10.4. The highest BCUT2D eigenvalue weighted by molar-refractivity contribution is 8.13. The number of thioether (sulfide) groups is 1. The van der Waals surface area contributed by atoms with Gasteiger partial charge in [-0.25, -0.2) is 19.7 Å². The van der Waals surface area contributed by atoms with Crippen molar-refractivity contribution in [2.75, 3.05) is 12.3 Å². The first-order valence-corrected chi connectivity index (χ1v) is 13.6. The van der Waals surface area contributed by atoms with E-state index in [-0.39, 0.29) is 0 Å². The summed E-state index contributed by atoms with van der Waals surface area (Å²) >= 11 is 1.71. The molecule has 0 saturated carbocycles. The number of halogens is 3. The number of aromatic nitrogens is 3. The van der Waals surface area contributed by atoms with Crippen LogP contribution in [0.4, 0.5) is 18.9 Å². The average molecular weight is 549 g/mol. The summed E-state index contributed by atoms with van der Waals surface area (Å²) in [6.07, 6.45) is -0.0517. The maximum Gasteiger partial charge on any atom is 0.416 e. The molecular weight excluding hydrogens is 521 g/mol. The Bertz CT molecular complexity index is 1470. The molecule has 0 N–H and O–H groups in total. The molecule has 10 heteroatoms. The Hall–Kier alpha value is -3.92. The molecule has 1 aliphatic rings. The Balaban J connectivity index is 1.29. The third kappa shape index (κ3) is 6.39. The first-order valence-electron chi connectivity index (χ1n) is 12.6. The highest BCUT2D eigenvalue weighted by atomic mass is 32.2. The molecule has 39 heavy (non-hydrogen) atoms. The van der Waals surface area contributed by atoms with E-state index in [0.29, 0.717) is 17.4 Å². The van der Waals surface area contributed by atoms with Gasteiger partial charge in [-0.15, -0.1) is 5.10 Å². The fourth-order valence-corrected chi connectivity index (χ4v) is 5.01. The Morgan fingerprint density at radius 1 is 0.974 bits per heavy atom. The Morgan fingerprint density at radius 2 is 1.72 bits per heavy atom. The second kappa shape index (κ2) is 11.4. The SMILES string of the molecule is CC(C)c1ccccc1N=C1SCCCN1/N=C/c1ccc(-c2ncn(-c3ccc(C(F)(F)F)cc3)n2)cc1. The van der Waals surface area contributed by atoms with Crippen LogP contribution in [0, 0.1) is 0 Å². The van der Waals surface area contributed by atoms with E-state index in [0.717, 1.165) is 52.8 Å². The lowest BCUT2D eigenvalue weighted by atomic mass is 10.0. The third-order valence-corrected chi connectivity index (χ3v) is 7.26.